The number of benzene rings is 2. The van der Waals surface area contributed by atoms with Crippen LogP contribution < -0.4 is 5.32 Å². The van der Waals surface area contributed by atoms with Crippen LogP contribution in [0.25, 0.3) is 11.0 Å². The first-order chi connectivity index (χ1) is 13.8. The molecule has 1 amide bonds. The van der Waals surface area contributed by atoms with E-state index in [0.29, 0.717) is 29.6 Å². The Morgan fingerprint density at radius 2 is 1.90 bits per heavy atom. The Balaban J connectivity index is 1.56. The van der Waals surface area contributed by atoms with Crippen molar-refractivity contribution in [2.24, 2.45) is 0 Å². The van der Waals surface area contributed by atoms with Gasteiger partial charge in [-0.05, 0) is 49.2 Å². The number of nitrogens with zero attached hydrogens (tertiary/aromatic N) is 1. The Bertz CT molecular complexity index is 1170. The summed E-state index contributed by atoms with van der Waals surface area (Å²) in [6, 6.07) is 10.6. The van der Waals surface area contributed by atoms with Crippen LogP contribution in [0.1, 0.15) is 48.3 Å². The second-order valence-electron chi connectivity index (χ2n) is 7.09. The number of anilines is 1. The highest BCUT2D eigenvalue weighted by Gasteiger charge is 2.30. The Morgan fingerprint density at radius 3 is 2.62 bits per heavy atom. The highest BCUT2D eigenvalue weighted by Crippen LogP contribution is 2.30. The van der Waals surface area contributed by atoms with Crippen LogP contribution in [0.3, 0.4) is 0 Å². The Labute approximate surface area is 166 Å². The molecule has 1 aliphatic rings. The minimum atomic E-state index is -3.43. The molecule has 1 heterocycles. The molecule has 1 aromatic heterocycles. The zero-order valence-electron chi connectivity index (χ0n) is 15.4. The molecule has 1 aliphatic carbocycles. The number of fused-ring (bicyclic) bond motifs is 1. The smallest absolute Gasteiger partial charge is 0.295 e. The third kappa shape index (κ3) is 3.87. The number of alkyl halides is 2. The largest absolute Gasteiger partial charge is 0.337 e. The van der Waals surface area contributed by atoms with Gasteiger partial charge in [0.1, 0.15) is 0 Å². The quantitative estimate of drug-likeness (QED) is 0.638. The van der Waals surface area contributed by atoms with Crippen LogP contribution in [0.4, 0.5) is 14.5 Å². The van der Waals surface area contributed by atoms with E-state index < -0.39 is 28.0 Å². The van der Waals surface area contributed by atoms with Crippen LogP contribution in [0.2, 0.25) is 0 Å². The summed E-state index contributed by atoms with van der Waals surface area (Å²) < 4.78 is 51.1. The normalized spacial score (nSPS) is 15.3. The predicted molar refractivity (Wildman–Crippen MR) is 105 cm³/mol. The number of hydrogen-bond acceptors (Lipinski definition) is 4. The van der Waals surface area contributed by atoms with Crippen molar-refractivity contribution in [3.63, 3.8) is 0 Å². The van der Waals surface area contributed by atoms with Gasteiger partial charge in [-0.1, -0.05) is 18.9 Å². The van der Waals surface area contributed by atoms with Gasteiger partial charge in [-0.3, -0.25) is 4.79 Å². The van der Waals surface area contributed by atoms with Crippen LogP contribution >= 0.6 is 0 Å². The summed E-state index contributed by atoms with van der Waals surface area (Å²) in [6.07, 6.45) is 0.394. The van der Waals surface area contributed by atoms with Crippen molar-refractivity contribution in [3.05, 3.63) is 53.9 Å². The summed E-state index contributed by atoms with van der Waals surface area (Å²) in [4.78, 5) is 19.0. The third-order valence-electron chi connectivity index (χ3n) is 5.13. The zero-order valence-corrected chi connectivity index (χ0v) is 16.2. The van der Waals surface area contributed by atoms with Crippen LogP contribution in [0.15, 0.2) is 47.4 Å². The van der Waals surface area contributed by atoms with Gasteiger partial charge in [0.25, 0.3) is 12.3 Å². The fraction of sp³-hybridized carbons (Fsp3) is 0.300. The topological polar surface area (TPSA) is 91.9 Å². The molecule has 152 valence electrons. The number of imidazole rings is 1. The maximum Gasteiger partial charge on any atom is 0.295 e. The van der Waals surface area contributed by atoms with E-state index in [1.807, 2.05) is 0 Å². The van der Waals surface area contributed by atoms with Crippen molar-refractivity contribution < 1.29 is 22.0 Å². The molecule has 0 atom stereocenters. The first-order valence-electron chi connectivity index (χ1n) is 9.28. The zero-order chi connectivity index (χ0) is 20.6. The number of carbonyl (C=O) groups is 1. The van der Waals surface area contributed by atoms with Crippen molar-refractivity contribution in [2.75, 3.05) is 5.32 Å². The van der Waals surface area contributed by atoms with Crippen molar-refractivity contribution in [2.45, 2.75) is 42.3 Å². The SMILES string of the molecule is O=C(Nc1cccc(S(=O)(=O)C2CCCC2)c1)c1ccc2nc(C(F)F)[nH]c2c1. The number of hydrogen-bond donors (Lipinski definition) is 2. The number of aromatic amines is 1. The van der Waals surface area contributed by atoms with Crippen molar-refractivity contribution in [1.29, 1.82) is 0 Å². The van der Waals surface area contributed by atoms with Gasteiger partial charge in [0, 0.05) is 11.3 Å². The first-order valence-corrected chi connectivity index (χ1v) is 10.8. The molecule has 3 aromatic rings. The van der Waals surface area contributed by atoms with Gasteiger partial charge in [0.15, 0.2) is 15.7 Å². The van der Waals surface area contributed by atoms with Crippen LogP contribution in [0, 0.1) is 0 Å². The monoisotopic (exact) mass is 419 g/mol. The summed E-state index contributed by atoms with van der Waals surface area (Å²) in [5.41, 5.74) is 1.25. The minimum absolute atomic E-state index is 0.188. The van der Waals surface area contributed by atoms with Gasteiger partial charge in [0.05, 0.1) is 21.2 Å². The summed E-state index contributed by atoms with van der Waals surface area (Å²) in [7, 11) is -3.43. The van der Waals surface area contributed by atoms with E-state index in [-0.39, 0.29) is 15.7 Å². The van der Waals surface area contributed by atoms with Crippen LogP contribution in [-0.2, 0) is 9.84 Å². The van der Waals surface area contributed by atoms with Gasteiger partial charge in [-0.2, -0.15) is 0 Å². The molecule has 0 saturated heterocycles. The highest BCUT2D eigenvalue weighted by atomic mass is 32.2. The Kier molecular flexibility index (Phi) is 5.08. The fourth-order valence-corrected chi connectivity index (χ4v) is 5.52. The highest BCUT2D eigenvalue weighted by molar-refractivity contribution is 7.92. The number of amides is 1. The summed E-state index contributed by atoms with van der Waals surface area (Å²) >= 11 is 0. The first kappa shape index (κ1) is 19.5. The van der Waals surface area contributed by atoms with Crippen molar-refractivity contribution in [3.8, 4) is 0 Å². The van der Waals surface area contributed by atoms with Crippen molar-refractivity contribution >= 4 is 32.5 Å². The molecule has 29 heavy (non-hydrogen) atoms. The lowest BCUT2D eigenvalue weighted by Gasteiger charge is -2.12. The fourth-order valence-electron chi connectivity index (χ4n) is 3.62. The number of H-pyrrole nitrogens is 1. The summed E-state index contributed by atoms with van der Waals surface area (Å²) in [5.74, 6) is -0.933. The molecule has 9 heteroatoms. The number of aromatic nitrogens is 2. The number of halogens is 2. The molecule has 0 unspecified atom stereocenters. The number of rotatable bonds is 5. The van der Waals surface area contributed by atoms with Gasteiger partial charge in [-0.25, -0.2) is 22.2 Å². The molecule has 0 bridgehead atoms. The molecular formula is C20H19F2N3O3S. The summed E-state index contributed by atoms with van der Waals surface area (Å²) in [5, 5.41) is 2.29. The number of nitrogens with one attached hydrogen (secondary N) is 2. The molecule has 0 aliphatic heterocycles. The lowest BCUT2D eigenvalue weighted by Crippen LogP contribution is -2.18. The summed E-state index contributed by atoms with van der Waals surface area (Å²) in [6.45, 7) is 0. The molecular weight excluding hydrogens is 400 g/mol. The molecule has 1 fully saturated rings. The van der Waals surface area contributed by atoms with E-state index in [9.17, 15) is 22.0 Å². The second kappa shape index (κ2) is 7.55. The van der Waals surface area contributed by atoms with E-state index in [1.165, 1.54) is 30.3 Å². The van der Waals surface area contributed by atoms with E-state index >= 15 is 0 Å². The second-order valence-corrected chi connectivity index (χ2v) is 9.32. The molecule has 0 spiro atoms. The third-order valence-corrected chi connectivity index (χ3v) is 7.39. The van der Waals surface area contributed by atoms with Crippen LogP contribution in [0.5, 0.6) is 0 Å². The van der Waals surface area contributed by atoms with E-state index in [4.69, 9.17) is 0 Å². The molecule has 6 nitrogen and oxygen atoms in total. The van der Waals surface area contributed by atoms with Gasteiger partial charge in [-0.15, -0.1) is 0 Å². The lowest BCUT2D eigenvalue weighted by atomic mass is 10.2. The van der Waals surface area contributed by atoms with E-state index in [0.717, 1.165) is 12.8 Å². The van der Waals surface area contributed by atoms with E-state index in [2.05, 4.69) is 15.3 Å². The van der Waals surface area contributed by atoms with Crippen LogP contribution in [-0.4, -0.2) is 29.5 Å². The maximum atomic E-state index is 12.8. The lowest BCUT2D eigenvalue weighted by molar-refractivity contribution is 0.102. The number of carbonyl (C=O) groups excluding carboxylic acids is 1. The van der Waals surface area contributed by atoms with E-state index in [1.54, 1.807) is 12.1 Å². The standard InChI is InChI=1S/C20H19F2N3O3S/c21-18(22)19-24-16-9-8-12(10-17(16)25-19)20(26)23-13-4-3-7-15(11-13)29(27,28)14-5-1-2-6-14/h3-4,7-11,14,18H,1-2,5-6H2,(H,23,26)(H,24,25). The number of sulfone groups is 1. The molecule has 1 saturated carbocycles. The Morgan fingerprint density at radius 1 is 1.14 bits per heavy atom. The van der Waals surface area contributed by atoms with Crippen molar-refractivity contribution in [1.82, 2.24) is 9.97 Å². The minimum Gasteiger partial charge on any atom is -0.337 e. The van der Waals surface area contributed by atoms with Gasteiger partial charge >= 0.3 is 0 Å². The van der Waals surface area contributed by atoms with Gasteiger partial charge < -0.3 is 10.3 Å². The molecule has 0 radical (unpaired) electrons. The molecule has 4 rings (SSSR count). The average molecular weight is 419 g/mol. The predicted octanol–water partition coefficient (Wildman–Crippen LogP) is 4.47. The molecule has 2 N–H and O–H groups in total. The maximum absolute atomic E-state index is 12.8. The van der Waals surface area contributed by atoms with Gasteiger partial charge in [0.2, 0.25) is 0 Å². The average Bonchev–Trinajstić information content (AvgIpc) is 3.37. The molecule has 2 aromatic carbocycles. The Hall–Kier alpha value is -2.81.